The molecule has 2 unspecified atom stereocenters. The number of nitrogens with one attached hydrogen (secondary N) is 1. The molecule has 8 nitrogen and oxygen atoms in total. The van der Waals surface area contributed by atoms with Crippen molar-refractivity contribution in [1.82, 2.24) is 10.2 Å². The van der Waals surface area contributed by atoms with E-state index < -0.39 is 44.8 Å². The number of fused-ring (bicyclic) bond motifs is 1. The lowest BCUT2D eigenvalue weighted by atomic mass is 9.97. The van der Waals surface area contributed by atoms with Crippen LogP contribution >= 0.6 is 11.8 Å². The Kier molecular flexibility index (Phi) is 3.47. The summed E-state index contributed by atoms with van der Waals surface area (Å²) >= 11 is 1.11. The number of β-lactam (4-membered cyclic amide) rings is 1. The Hall–Kier alpha value is -1.29. The summed E-state index contributed by atoms with van der Waals surface area (Å²) in [6.45, 7) is 0. The van der Waals surface area contributed by atoms with Crippen LogP contribution < -0.4 is 5.32 Å². The number of nitrogens with zero attached hydrogens (tertiary/aromatic N) is 1. The quantitative estimate of drug-likeness (QED) is 0.570. The zero-order valence-corrected chi connectivity index (χ0v) is 11.5. The molecule has 10 heteroatoms. The van der Waals surface area contributed by atoms with Gasteiger partial charge in [-0.15, -0.1) is 11.8 Å². The average Bonchev–Trinajstić information content (AvgIpc) is 2.63. The van der Waals surface area contributed by atoms with Gasteiger partial charge in [0, 0.05) is 12.0 Å². The summed E-state index contributed by atoms with van der Waals surface area (Å²) in [5.74, 6) is -2.60. The molecule has 2 saturated heterocycles. The second kappa shape index (κ2) is 4.67. The fourth-order valence-corrected chi connectivity index (χ4v) is 3.96. The molecule has 0 aromatic rings. The molecule has 2 aliphatic rings. The van der Waals surface area contributed by atoms with Crippen LogP contribution in [0.15, 0.2) is 0 Å². The largest absolute Gasteiger partial charge is 0.479 e. The van der Waals surface area contributed by atoms with Crippen molar-refractivity contribution < 1.29 is 27.9 Å². The van der Waals surface area contributed by atoms with Crippen LogP contribution in [0.2, 0.25) is 0 Å². The number of carboxylic acids is 1. The summed E-state index contributed by atoms with van der Waals surface area (Å²) in [6, 6.07) is -1.19. The van der Waals surface area contributed by atoms with Crippen LogP contribution in [0.1, 0.15) is 0 Å². The molecule has 106 valence electrons. The van der Waals surface area contributed by atoms with E-state index in [4.69, 9.17) is 5.11 Å². The molecule has 19 heavy (non-hydrogen) atoms. The van der Waals surface area contributed by atoms with Crippen LogP contribution in [0.25, 0.3) is 0 Å². The van der Waals surface area contributed by atoms with Gasteiger partial charge in [0.05, 0.1) is 6.04 Å². The number of hydrogen-bond acceptors (Lipinski definition) is 6. The number of rotatable bonds is 4. The van der Waals surface area contributed by atoms with Crippen LogP contribution in [-0.4, -0.2) is 71.4 Å². The third-order valence-corrected chi connectivity index (χ3v) is 4.93. The zero-order chi connectivity index (χ0) is 14.4. The highest BCUT2D eigenvalue weighted by Gasteiger charge is 2.57. The van der Waals surface area contributed by atoms with Gasteiger partial charge in [-0.2, -0.15) is 0 Å². The smallest absolute Gasteiger partial charge is 0.337 e. The Morgan fingerprint density at radius 3 is 2.68 bits per heavy atom. The first kappa shape index (κ1) is 14.1. The number of amides is 2. The molecular weight excluding hydrogens is 296 g/mol. The minimum Gasteiger partial charge on any atom is -0.479 e. The Morgan fingerprint density at radius 2 is 2.16 bits per heavy atom. The highest BCUT2D eigenvalue weighted by molar-refractivity contribution is 8.00. The van der Waals surface area contributed by atoms with Gasteiger partial charge in [0.25, 0.3) is 0 Å². The summed E-state index contributed by atoms with van der Waals surface area (Å²) in [7, 11) is -3.45. The number of sulfone groups is 1. The van der Waals surface area contributed by atoms with Gasteiger partial charge in [-0.3, -0.25) is 9.59 Å². The molecule has 0 spiro atoms. The number of carboxylic acid groups (broad SMARTS) is 1. The zero-order valence-electron chi connectivity index (χ0n) is 9.90. The lowest BCUT2D eigenvalue weighted by molar-refractivity contribution is -0.159. The molecule has 0 aromatic carbocycles. The number of carbonyl (C=O) groups is 3. The van der Waals surface area contributed by atoms with Gasteiger partial charge in [-0.25, -0.2) is 13.2 Å². The second-order valence-electron chi connectivity index (χ2n) is 4.45. The van der Waals surface area contributed by atoms with Crippen molar-refractivity contribution in [2.75, 3.05) is 17.8 Å². The lowest BCUT2D eigenvalue weighted by Crippen LogP contribution is -2.71. The van der Waals surface area contributed by atoms with E-state index in [1.54, 1.807) is 0 Å². The van der Waals surface area contributed by atoms with Crippen molar-refractivity contribution in [3.8, 4) is 0 Å². The van der Waals surface area contributed by atoms with Gasteiger partial charge in [0.15, 0.2) is 15.2 Å². The van der Waals surface area contributed by atoms with Gasteiger partial charge in [-0.05, 0) is 0 Å². The fourth-order valence-electron chi connectivity index (χ4n) is 2.10. The second-order valence-corrected chi connectivity index (χ2v) is 7.71. The van der Waals surface area contributed by atoms with E-state index in [1.165, 1.54) is 4.90 Å². The Bertz CT molecular complexity index is 545. The van der Waals surface area contributed by atoms with Crippen molar-refractivity contribution in [1.29, 1.82) is 0 Å². The lowest BCUT2D eigenvalue weighted by Gasteiger charge is -2.43. The molecule has 2 heterocycles. The molecule has 0 bridgehead atoms. The first-order valence-electron chi connectivity index (χ1n) is 5.34. The number of aliphatic carboxylic acids is 1. The number of hydrogen-bond donors (Lipinski definition) is 2. The molecule has 0 aliphatic carbocycles. The first-order chi connectivity index (χ1) is 8.70. The molecule has 2 fully saturated rings. The number of carbonyl (C=O) groups excluding carboxylic acids is 2. The Morgan fingerprint density at radius 1 is 1.53 bits per heavy atom. The van der Waals surface area contributed by atoms with Crippen LogP contribution in [0, 0.1) is 0 Å². The third kappa shape index (κ3) is 2.68. The molecule has 2 aliphatic heterocycles. The van der Waals surface area contributed by atoms with E-state index in [0.29, 0.717) is 5.75 Å². The van der Waals surface area contributed by atoms with Crippen LogP contribution in [0.3, 0.4) is 0 Å². The van der Waals surface area contributed by atoms with Gasteiger partial charge in [0.1, 0.15) is 11.8 Å². The molecule has 2 amide bonds. The summed E-state index contributed by atoms with van der Waals surface area (Å²) in [4.78, 5) is 35.3. The molecule has 0 radical (unpaired) electrons. The molecule has 2 rings (SSSR count). The van der Waals surface area contributed by atoms with E-state index in [0.717, 1.165) is 18.0 Å². The van der Waals surface area contributed by atoms with Crippen molar-refractivity contribution in [3.63, 3.8) is 0 Å². The van der Waals surface area contributed by atoms with E-state index >= 15 is 0 Å². The minimum absolute atomic E-state index is 0.373. The molecule has 2 N–H and O–H groups in total. The van der Waals surface area contributed by atoms with Crippen molar-refractivity contribution in [2.24, 2.45) is 0 Å². The van der Waals surface area contributed by atoms with Crippen molar-refractivity contribution in [2.45, 2.75) is 17.5 Å². The maximum absolute atomic E-state index is 11.7. The predicted molar refractivity (Wildman–Crippen MR) is 66.2 cm³/mol. The summed E-state index contributed by atoms with van der Waals surface area (Å²) in [5.41, 5.74) is 0. The summed E-state index contributed by atoms with van der Waals surface area (Å²) in [5, 5.41) is 10.3. The van der Waals surface area contributed by atoms with Crippen molar-refractivity contribution >= 4 is 39.4 Å². The minimum atomic E-state index is -3.45. The van der Waals surface area contributed by atoms with E-state index in [2.05, 4.69) is 5.32 Å². The highest BCUT2D eigenvalue weighted by Crippen LogP contribution is 2.38. The van der Waals surface area contributed by atoms with E-state index in [1.807, 2.05) is 0 Å². The SMILES string of the molecule is CS(=O)(=O)CC(=O)N[C@@H]1C(=O)N2C(C(=O)O)SCC12. The van der Waals surface area contributed by atoms with E-state index in [-0.39, 0.29) is 6.04 Å². The molecular formula is C9H12N2O6S2. The maximum Gasteiger partial charge on any atom is 0.337 e. The van der Waals surface area contributed by atoms with Crippen LogP contribution in [0.5, 0.6) is 0 Å². The molecule has 3 atom stereocenters. The summed E-state index contributed by atoms with van der Waals surface area (Å²) < 4.78 is 21.9. The fraction of sp³-hybridized carbons (Fsp3) is 0.667. The van der Waals surface area contributed by atoms with Crippen LogP contribution in [-0.2, 0) is 24.2 Å². The van der Waals surface area contributed by atoms with Crippen molar-refractivity contribution in [3.05, 3.63) is 0 Å². The Labute approximate surface area is 113 Å². The summed E-state index contributed by atoms with van der Waals surface area (Å²) in [6.07, 6.45) is 0.924. The van der Waals surface area contributed by atoms with Crippen LogP contribution in [0.4, 0.5) is 0 Å². The topological polar surface area (TPSA) is 121 Å². The number of thioether (sulfide) groups is 1. The molecule has 0 saturated carbocycles. The predicted octanol–water partition coefficient (Wildman–Crippen LogP) is -2.12. The van der Waals surface area contributed by atoms with Gasteiger partial charge in [0.2, 0.25) is 11.8 Å². The Balaban J connectivity index is 1.97. The van der Waals surface area contributed by atoms with E-state index in [9.17, 15) is 22.8 Å². The van der Waals surface area contributed by atoms with Gasteiger partial charge >= 0.3 is 5.97 Å². The normalized spacial score (nSPS) is 29.6. The highest BCUT2D eigenvalue weighted by atomic mass is 32.2. The molecule has 0 aromatic heterocycles. The average molecular weight is 308 g/mol. The van der Waals surface area contributed by atoms with Gasteiger partial charge in [-0.1, -0.05) is 0 Å². The standard InChI is InChI=1S/C9H12N2O6S2/c1-19(16,17)3-5(12)10-6-4-2-18-8(9(14)15)11(4)7(6)13/h4,6,8H,2-3H2,1H3,(H,10,12)(H,14,15)/t4?,6-,8?/m0/s1. The maximum atomic E-state index is 11.7. The van der Waals surface area contributed by atoms with Gasteiger partial charge < -0.3 is 15.3 Å². The third-order valence-electron chi connectivity index (χ3n) is 2.86. The monoisotopic (exact) mass is 308 g/mol. The first-order valence-corrected chi connectivity index (χ1v) is 8.45.